The largest absolute Gasteiger partial charge is 0.399 e. The molecule has 7 nitrogen and oxygen atoms in total. The molecule has 0 fully saturated rings. The maximum atomic E-state index is 12.0. The smallest absolute Gasteiger partial charge is 0.319 e. The molecule has 3 aromatic rings. The molecule has 0 saturated carbocycles. The van der Waals surface area contributed by atoms with E-state index >= 15 is 0 Å². The number of aryl methyl sites for hydroxylation is 1. The Kier molecular flexibility index (Phi) is 3.96. The summed E-state index contributed by atoms with van der Waals surface area (Å²) < 4.78 is 1.90. The first-order valence-electron chi connectivity index (χ1n) is 8.10. The summed E-state index contributed by atoms with van der Waals surface area (Å²) >= 11 is 1.54. The molecule has 0 aliphatic carbocycles. The molecule has 132 valence electrons. The van der Waals surface area contributed by atoms with Crippen molar-refractivity contribution in [1.82, 2.24) is 25.2 Å². The van der Waals surface area contributed by atoms with Gasteiger partial charge in [-0.05, 0) is 19.1 Å². The summed E-state index contributed by atoms with van der Waals surface area (Å²) in [5.74, 6) is 0.762. The molecule has 1 aliphatic heterocycles. The van der Waals surface area contributed by atoms with E-state index in [2.05, 4.69) is 15.6 Å². The average Bonchev–Trinajstić information content (AvgIpc) is 3.24. The number of rotatable bonds is 3. The maximum Gasteiger partial charge on any atom is 0.319 e. The molecule has 0 bridgehead atoms. The first-order valence-corrected chi connectivity index (χ1v) is 8.98. The number of nitrogens with zero attached hydrogens (tertiary/aromatic N) is 3. The number of nitrogen functional groups attached to an aromatic ring is 1. The SMILES string of the molecule is CC1=C(c2nc(-c3ccc(N)cc3)cs2)C(c2nccn2C)NC(=O)N1. The lowest BCUT2D eigenvalue weighted by atomic mass is 10.0. The second-order valence-electron chi connectivity index (χ2n) is 6.13. The summed E-state index contributed by atoms with van der Waals surface area (Å²) in [7, 11) is 1.91. The average molecular weight is 366 g/mol. The summed E-state index contributed by atoms with van der Waals surface area (Å²) in [5.41, 5.74) is 10.1. The van der Waals surface area contributed by atoms with Gasteiger partial charge in [0.2, 0.25) is 0 Å². The van der Waals surface area contributed by atoms with Gasteiger partial charge in [0.05, 0.1) is 5.69 Å². The number of amides is 2. The van der Waals surface area contributed by atoms with Gasteiger partial charge in [0.25, 0.3) is 0 Å². The molecule has 1 aromatic carbocycles. The Morgan fingerprint density at radius 1 is 1.27 bits per heavy atom. The Bertz CT molecular complexity index is 1000. The Morgan fingerprint density at radius 3 is 2.73 bits per heavy atom. The normalized spacial score (nSPS) is 17.2. The van der Waals surface area contributed by atoms with Gasteiger partial charge in [-0.15, -0.1) is 11.3 Å². The van der Waals surface area contributed by atoms with Crippen LogP contribution in [0, 0.1) is 0 Å². The number of allylic oxidation sites excluding steroid dienone is 1. The van der Waals surface area contributed by atoms with Gasteiger partial charge in [-0.2, -0.15) is 0 Å². The summed E-state index contributed by atoms with van der Waals surface area (Å²) in [6, 6.07) is 7.03. The van der Waals surface area contributed by atoms with Crippen LogP contribution in [-0.4, -0.2) is 20.6 Å². The highest BCUT2D eigenvalue weighted by atomic mass is 32.1. The number of carbonyl (C=O) groups excluding carboxylic acids is 1. The second kappa shape index (κ2) is 6.30. The van der Waals surface area contributed by atoms with Crippen molar-refractivity contribution < 1.29 is 4.79 Å². The van der Waals surface area contributed by atoms with Crippen molar-refractivity contribution in [3.05, 3.63) is 58.6 Å². The van der Waals surface area contributed by atoms with Crippen LogP contribution in [0.1, 0.15) is 23.8 Å². The highest BCUT2D eigenvalue weighted by molar-refractivity contribution is 7.11. The third-order valence-corrected chi connectivity index (χ3v) is 5.20. The van der Waals surface area contributed by atoms with Crippen LogP contribution in [0.15, 0.2) is 47.7 Å². The fourth-order valence-corrected chi connectivity index (χ4v) is 3.97. The highest BCUT2D eigenvalue weighted by Crippen LogP contribution is 2.36. The number of benzene rings is 1. The van der Waals surface area contributed by atoms with E-state index in [1.807, 2.05) is 54.4 Å². The van der Waals surface area contributed by atoms with Gasteiger partial charge in [-0.3, -0.25) is 0 Å². The number of hydrogen-bond acceptors (Lipinski definition) is 5. The topological polar surface area (TPSA) is 97.9 Å². The van der Waals surface area contributed by atoms with Crippen molar-refractivity contribution in [1.29, 1.82) is 0 Å². The van der Waals surface area contributed by atoms with Crippen molar-refractivity contribution in [3.63, 3.8) is 0 Å². The molecule has 4 N–H and O–H groups in total. The first kappa shape index (κ1) is 16.3. The summed E-state index contributed by atoms with van der Waals surface area (Å²) in [6.07, 6.45) is 3.58. The number of urea groups is 1. The Morgan fingerprint density at radius 2 is 2.04 bits per heavy atom. The minimum atomic E-state index is -0.353. The van der Waals surface area contributed by atoms with Crippen molar-refractivity contribution in [2.45, 2.75) is 13.0 Å². The van der Waals surface area contributed by atoms with Crippen molar-refractivity contribution >= 4 is 28.6 Å². The molecule has 2 aromatic heterocycles. The van der Waals surface area contributed by atoms with Crippen LogP contribution in [0.3, 0.4) is 0 Å². The molecule has 3 heterocycles. The van der Waals surface area contributed by atoms with Gasteiger partial charge in [0, 0.05) is 47.3 Å². The molecule has 0 saturated heterocycles. The number of nitrogens with one attached hydrogen (secondary N) is 2. The van der Waals surface area contributed by atoms with Gasteiger partial charge in [0.15, 0.2) is 0 Å². The number of nitrogens with two attached hydrogens (primary N) is 1. The standard InChI is InChI=1S/C18H18N6OS/c1-10-14(15(23-18(25)21-10)16-20-7-8-24(16)2)17-22-13(9-26-17)11-3-5-12(19)6-4-11/h3-9,15H,19H2,1-2H3,(H2,21,23,25). The Labute approximate surface area is 154 Å². The molecule has 1 unspecified atom stereocenters. The predicted octanol–water partition coefficient (Wildman–Crippen LogP) is 2.91. The van der Waals surface area contributed by atoms with Crippen LogP contribution in [0.2, 0.25) is 0 Å². The zero-order chi connectivity index (χ0) is 18.3. The number of aromatic nitrogens is 3. The van der Waals surface area contributed by atoms with Crippen LogP contribution >= 0.6 is 11.3 Å². The monoisotopic (exact) mass is 366 g/mol. The minimum Gasteiger partial charge on any atom is -0.399 e. The summed E-state index contributed by atoms with van der Waals surface area (Å²) in [6.45, 7) is 1.88. The van der Waals surface area contributed by atoms with Crippen LogP contribution in [-0.2, 0) is 7.05 Å². The van der Waals surface area contributed by atoms with Gasteiger partial charge in [-0.25, -0.2) is 14.8 Å². The van der Waals surface area contributed by atoms with E-state index in [-0.39, 0.29) is 12.1 Å². The summed E-state index contributed by atoms with van der Waals surface area (Å²) in [5, 5.41) is 8.64. The van der Waals surface area contributed by atoms with Crippen molar-refractivity contribution in [2.75, 3.05) is 5.73 Å². The molecular weight excluding hydrogens is 348 g/mol. The highest BCUT2D eigenvalue weighted by Gasteiger charge is 2.31. The molecule has 0 spiro atoms. The maximum absolute atomic E-state index is 12.0. The van der Waals surface area contributed by atoms with Crippen LogP contribution < -0.4 is 16.4 Å². The molecule has 26 heavy (non-hydrogen) atoms. The molecule has 4 rings (SSSR count). The molecule has 1 atom stereocenters. The molecule has 1 aliphatic rings. The van der Waals surface area contributed by atoms with Crippen molar-refractivity contribution in [2.24, 2.45) is 7.05 Å². The molecule has 2 amide bonds. The van der Waals surface area contributed by atoms with Crippen molar-refractivity contribution in [3.8, 4) is 11.3 Å². The van der Waals surface area contributed by atoms with E-state index in [4.69, 9.17) is 10.7 Å². The van der Waals surface area contributed by atoms with E-state index in [0.717, 1.165) is 39.0 Å². The van der Waals surface area contributed by atoms with E-state index in [1.54, 1.807) is 6.20 Å². The quantitative estimate of drug-likeness (QED) is 0.621. The number of thiazole rings is 1. The Hall–Kier alpha value is -3.13. The number of anilines is 1. The molecule has 8 heteroatoms. The van der Waals surface area contributed by atoms with E-state index in [0.29, 0.717) is 0 Å². The zero-order valence-electron chi connectivity index (χ0n) is 14.4. The number of carbonyl (C=O) groups is 1. The number of imidazole rings is 1. The summed E-state index contributed by atoms with van der Waals surface area (Å²) in [4.78, 5) is 21.2. The van der Waals surface area contributed by atoms with Gasteiger partial charge in [-0.1, -0.05) is 12.1 Å². The lowest BCUT2D eigenvalue weighted by Gasteiger charge is -2.27. The van der Waals surface area contributed by atoms with E-state index in [9.17, 15) is 4.79 Å². The van der Waals surface area contributed by atoms with Gasteiger partial charge in [0.1, 0.15) is 16.9 Å². The molecular formula is C18H18N6OS. The van der Waals surface area contributed by atoms with Gasteiger partial charge >= 0.3 is 6.03 Å². The molecule has 0 radical (unpaired) electrons. The second-order valence-corrected chi connectivity index (χ2v) is 6.98. The first-order chi connectivity index (χ1) is 12.5. The van der Waals surface area contributed by atoms with Crippen LogP contribution in [0.4, 0.5) is 10.5 Å². The van der Waals surface area contributed by atoms with E-state index < -0.39 is 0 Å². The van der Waals surface area contributed by atoms with Crippen LogP contribution in [0.25, 0.3) is 16.8 Å². The van der Waals surface area contributed by atoms with Gasteiger partial charge < -0.3 is 20.9 Å². The third-order valence-electron chi connectivity index (χ3n) is 4.33. The van der Waals surface area contributed by atoms with Crippen LogP contribution in [0.5, 0.6) is 0 Å². The fourth-order valence-electron chi connectivity index (χ4n) is 3.01. The number of hydrogen-bond donors (Lipinski definition) is 3. The zero-order valence-corrected chi connectivity index (χ0v) is 15.2. The minimum absolute atomic E-state index is 0.241. The third kappa shape index (κ3) is 2.84. The van der Waals surface area contributed by atoms with E-state index in [1.165, 1.54) is 11.3 Å². The Balaban J connectivity index is 1.77. The fraction of sp³-hybridized carbons (Fsp3) is 0.167. The lowest BCUT2D eigenvalue weighted by molar-refractivity contribution is 0.239. The lowest BCUT2D eigenvalue weighted by Crippen LogP contribution is -2.43. The predicted molar refractivity (Wildman–Crippen MR) is 102 cm³/mol.